The first-order valence-electron chi connectivity index (χ1n) is 8.10. The number of alkyl halides is 3. The molecule has 1 unspecified atom stereocenters. The minimum atomic E-state index is -4.52. The van der Waals surface area contributed by atoms with Crippen LogP contribution >= 0.6 is 11.6 Å². The third-order valence-electron chi connectivity index (χ3n) is 4.10. The number of aryl methyl sites for hydroxylation is 2. The summed E-state index contributed by atoms with van der Waals surface area (Å²) >= 11 is 6.15. The van der Waals surface area contributed by atoms with Gasteiger partial charge >= 0.3 is 6.18 Å². The van der Waals surface area contributed by atoms with Crippen LogP contribution in [0.25, 0.3) is 5.82 Å². The van der Waals surface area contributed by atoms with Crippen molar-refractivity contribution in [2.75, 3.05) is 5.32 Å². The number of anilines is 1. The van der Waals surface area contributed by atoms with Crippen molar-refractivity contribution in [3.8, 4) is 5.82 Å². The lowest BCUT2D eigenvalue weighted by atomic mass is 10.1. The number of nitrogens with one attached hydrogen (secondary N) is 1. The van der Waals surface area contributed by atoms with Crippen molar-refractivity contribution in [3.63, 3.8) is 0 Å². The van der Waals surface area contributed by atoms with Gasteiger partial charge < -0.3 is 9.84 Å². The van der Waals surface area contributed by atoms with Gasteiger partial charge in [-0.25, -0.2) is 4.98 Å². The largest absolute Gasteiger partial charge is 0.417 e. The highest BCUT2D eigenvalue weighted by Crippen LogP contribution is 2.29. The molecule has 0 aliphatic heterocycles. The number of hydrogen-bond acceptors (Lipinski definition) is 6. The highest BCUT2D eigenvalue weighted by Gasteiger charge is 2.30. The Bertz CT molecular complexity index is 1040. The van der Waals surface area contributed by atoms with Crippen LogP contribution in [0.4, 0.5) is 18.9 Å². The molecule has 0 saturated heterocycles. The average molecular weight is 414 g/mol. The van der Waals surface area contributed by atoms with Crippen LogP contribution < -0.4 is 10.9 Å². The van der Waals surface area contributed by atoms with Gasteiger partial charge in [-0.05, 0) is 32.9 Å². The predicted molar refractivity (Wildman–Crippen MR) is 95.7 cm³/mol. The molecule has 0 fully saturated rings. The summed E-state index contributed by atoms with van der Waals surface area (Å²) in [6.45, 7) is 5.39. The first kappa shape index (κ1) is 19.9. The van der Waals surface area contributed by atoms with E-state index in [0.29, 0.717) is 17.7 Å². The van der Waals surface area contributed by atoms with Crippen LogP contribution in [0.5, 0.6) is 0 Å². The Morgan fingerprint density at radius 1 is 1.25 bits per heavy atom. The molecule has 0 aromatic carbocycles. The van der Waals surface area contributed by atoms with Crippen LogP contribution in [0.2, 0.25) is 5.02 Å². The molecule has 11 heteroatoms. The second kappa shape index (κ2) is 7.27. The van der Waals surface area contributed by atoms with Gasteiger partial charge in [-0.1, -0.05) is 16.8 Å². The molecule has 148 valence electrons. The normalized spacial score (nSPS) is 12.8. The monoisotopic (exact) mass is 413 g/mol. The van der Waals surface area contributed by atoms with Gasteiger partial charge in [0.1, 0.15) is 10.8 Å². The minimum Gasteiger partial charge on any atom is -0.376 e. The van der Waals surface area contributed by atoms with Gasteiger partial charge in [0.2, 0.25) is 0 Å². The lowest BCUT2D eigenvalue weighted by Crippen LogP contribution is -2.24. The maximum atomic E-state index is 12.6. The van der Waals surface area contributed by atoms with Crippen molar-refractivity contribution < 1.29 is 17.7 Å². The van der Waals surface area contributed by atoms with E-state index in [9.17, 15) is 18.0 Å². The van der Waals surface area contributed by atoms with E-state index < -0.39 is 17.3 Å². The molecule has 3 heterocycles. The van der Waals surface area contributed by atoms with Crippen LogP contribution in [0.15, 0.2) is 33.8 Å². The smallest absolute Gasteiger partial charge is 0.376 e. The van der Waals surface area contributed by atoms with E-state index in [1.165, 1.54) is 6.20 Å². The standard InChI is InChI=1S/C17H15ClF3N5O2/c1-8(14-9(2)25-28-10(14)3)24-12-7-23-26(16(27)15(12)18)13-5-4-11(6-22-13)17(19,20)21/h4-8,24H,1-3H3. The van der Waals surface area contributed by atoms with Gasteiger partial charge in [0, 0.05) is 11.8 Å². The second-order valence-electron chi connectivity index (χ2n) is 6.10. The van der Waals surface area contributed by atoms with Crippen molar-refractivity contribution in [2.24, 2.45) is 0 Å². The predicted octanol–water partition coefficient (Wildman–Crippen LogP) is 4.08. The van der Waals surface area contributed by atoms with E-state index >= 15 is 0 Å². The number of hydrogen-bond donors (Lipinski definition) is 1. The lowest BCUT2D eigenvalue weighted by Gasteiger charge is -2.16. The van der Waals surface area contributed by atoms with Crippen LogP contribution in [-0.2, 0) is 6.18 Å². The molecule has 0 aliphatic rings. The molecular formula is C17H15ClF3N5O2. The Balaban J connectivity index is 1.90. The summed E-state index contributed by atoms with van der Waals surface area (Å²) in [6, 6.07) is 1.59. The molecule has 3 rings (SSSR count). The van der Waals surface area contributed by atoms with E-state index in [4.69, 9.17) is 16.1 Å². The van der Waals surface area contributed by atoms with Gasteiger partial charge in [0.05, 0.1) is 29.2 Å². The van der Waals surface area contributed by atoms with Crippen LogP contribution in [0.1, 0.15) is 35.5 Å². The summed E-state index contributed by atoms with van der Waals surface area (Å²) in [4.78, 5) is 16.2. The molecule has 3 aromatic rings. The summed E-state index contributed by atoms with van der Waals surface area (Å²) in [6.07, 6.45) is -2.59. The van der Waals surface area contributed by atoms with Crippen molar-refractivity contribution in [3.05, 3.63) is 62.5 Å². The van der Waals surface area contributed by atoms with E-state index in [0.717, 1.165) is 22.4 Å². The van der Waals surface area contributed by atoms with Gasteiger partial charge in [0.25, 0.3) is 5.56 Å². The molecule has 1 atom stereocenters. The van der Waals surface area contributed by atoms with Crippen LogP contribution in [0, 0.1) is 13.8 Å². The van der Waals surface area contributed by atoms with Crippen LogP contribution in [0.3, 0.4) is 0 Å². The molecule has 0 spiro atoms. The zero-order valence-corrected chi connectivity index (χ0v) is 15.8. The topological polar surface area (TPSA) is 85.8 Å². The molecule has 0 aliphatic carbocycles. The Morgan fingerprint density at radius 2 is 1.96 bits per heavy atom. The summed E-state index contributed by atoms with van der Waals surface area (Å²) in [5, 5.41) is 10.7. The van der Waals surface area contributed by atoms with E-state index in [1.54, 1.807) is 13.8 Å². The molecule has 0 bridgehead atoms. The molecule has 7 nitrogen and oxygen atoms in total. The highest BCUT2D eigenvalue weighted by atomic mass is 35.5. The fourth-order valence-corrected chi connectivity index (χ4v) is 2.97. The van der Waals surface area contributed by atoms with Gasteiger partial charge in [0.15, 0.2) is 5.82 Å². The number of halogens is 4. The van der Waals surface area contributed by atoms with Gasteiger partial charge in [-0.15, -0.1) is 0 Å². The molecule has 28 heavy (non-hydrogen) atoms. The molecular weight excluding hydrogens is 399 g/mol. The Hall–Kier alpha value is -2.88. The van der Waals surface area contributed by atoms with Gasteiger partial charge in [-0.3, -0.25) is 4.79 Å². The highest BCUT2D eigenvalue weighted by molar-refractivity contribution is 6.32. The molecule has 0 saturated carbocycles. The van der Waals surface area contributed by atoms with E-state index in [-0.39, 0.29) is 22.6 Å². The van der Waals surface area contributed by atoms with E-state index in [1.807, 2.05) is 6.92 Å². The zero-order valence-electron chi connectivity index (χ0n) is 15.0. The van der Waals surface area contributed by atoms with Crippen LogP contribution in [-0.4, -0.2) is 19.9 Å². The summed E-state index contributed by atoms with van der Waals surface area (Å²) in [5.41, 5.74) is 0.141. The minimum absolute atomic E-state index is 0.0785. The number of pyridine rings is 1. The van der Waals surface area contributed by atoms with Crippen molar-refractivity contribution >= 4 is 17.3 Å². The fourth-order valence-electron chi connectivity index (χ4n) is 2.79. The Morgan fingerprint density at radius 3 is 2.50 bits per heavy atom. The quantitative estimate of drug-likeness (QED) is 0.693. The van der Waals surface area contributed by atoms with Crippen molar-refractivity contribution in [2.45, 2.75) is 33.0 Å². The Labute approximate surface area is 162 Å². The summed E-state index contributed by atoms with van der Waals surface area (Å²) < 4.78 is 43.9. The Kier molecular flexibility index (Phi) is 5.16. The summed E-state index contributed by atoms with van der Waals surface area (Å²) in [7, 11) is 0. The summed E-state index contributed by atoms with van der Waals surface area (Å²) in [5.74, 6) is 0.550. The van der Waals surface area contributed by atoms with Gasteiger partial charge in [-0.2, -0.15) is 23.0 Å². The number of nitrogens with zero attached hydrogens (tertiary/aromatic N) is 4. The average Bonchev–Trinajstić information content (AvgIpc) is 2.97. The third kappa shape index (κ3) is 3.72. The van der Waals surface area contributed by atoms with E-state index in [2.05, 4.69) is 20.6 Å². The SMILES string of the molecule is Cc1noc(C)c1C(C)Nc1cnn(-c2ccc(C(F)(F)F)cn2)c(=O)c1Cl. The first-order valence-corrected chi connectivity index (χ1v) is 8.48. The fraction of sp³-hybridized carbons (Fsp3) is 0.294. The third-order valence-corrected chi connectivity index (χ3v) is 4.47. The molecule has 0 radical (unpaired) electrons. The number of aromatic nitrogens is 4. The van der Waals surface area contributed by atoms with Crippen molar-refractivity contribution in [1.82, 2.24) is 19.9 Å². The molecule has 3 aromatic heterocycles. The second-order valence-corrected chi connectivity index (χ2v) is 6.47. The zero-order chi connectivity index (χ0) is 20.6. The maximum Gasteiger partial charge on any atom is 0.417 e. The maximum absolute atomic E-state index is 12.6. The first-order chi connectivity index (χ1) is 13.1. The lowest BCUT2D eigenvalue weighted by molar-refractivity contribution is -0.137. The number of rotatable bonds is 4. The van der Waals surface area contributed by atoms with Crippen molar-refractivity contribution in [1.29, 1.82) is 0 Å². The molecule has 1 N–H and O–H groups in total. The molecule has 0 amide bonds.